The van der Waals surface area contributed by atoms with Gasteiger partial charge in [0.25, 0.3) is 0 Å². The van der Waals surface area contributed by atoms with Crippen molar-refractivity contribution >= 4 is 40.7 Å². The maximum atomic E-state index is 12.1. The molecule has 2 aromatic carbocycles. The summed E-state index contributed by atoms with van der Waals surface area (Å²) in [5.74, 6) is -0.486. The Labute approximate surface area is 151 Å². The van der Waals surface area contributed by atoms with E-state index in [0.29, 0.717) is 28.7 Å². The van der Waals surface area contributed by atoms with Crippen molar-refractivity contribution in [2.45, 2.75) is 13.3 Å². The molecule has 0 aliphatic carbocycles. The van der Waals surface area contributed by atoms with Crippen LogP contribution in [0.2, 0.25) is 10.0 Å². The highest BCUT2D eigenvalue weighted by molar-refractivity contribution is 6.33. The first-order valence-corrected chi connectivity index (χ1v) is 8.26. The SMILES string of the molecule is CC(=O)N(CC(=O)NCCc1cccc(Cl)c1)c1ccccc1Cl. The zero-order valence-corrected chi connectivity index (χ0v) is 14.8. The van der Waals surface area contributed by atoms with Crippen LogP contribution in [0.25, 0.3) is 0 Å². The zero-order chi connectivity index (χ0) is 17.5. The second kappa shape index (κ2) is 8.71. The number of hydrogen-bond donors (Lipinski definition) is 1. The molecule has 0 atom stereocenters. The molecule has 0 fully saturated rings. The van der Waals surface area contributed by atoms with Crippen molar-refractivity contribution in [3.63, 3.8) is 0 Å². The standard InChI is InChI=1S/C18H18Cl2N2O2/c1-13(23)22(17-8-3-2-7-16(17)20)12-18(24)21-10-9-14-5-4-6-15(19)11-14/h2-8,11H,9-10,12H2,1H3,(H,21,24). The molecule has 0 unspecified atom stereocenters. The van der Waals surface area contributed by atoms with E-state index in [0.717, 1.165) is 5.56 Å². The number of hydrogen-bond acceptors (Lipinski definition) is 2. The van der Waals surface area contributed by atoms with E-state index >= 15 is 0 Å². The molecular weight excluding hydrogens is 347 g/mol. The number of halogens is 2. The highest BCUT2D eigenvalue weighted by atomic mass is 35.5. The molecule has 1 N–H and O–H groups in total. The number of benzene rings is 2. The van der Waals surface area contributed by atoms with Crippen molar-refractivity contribution < 1.29 is 9.59 Å². The number of nitrogens with one attached hydrogen (secondary N) is 1. The molecule has 2 amide bonds. The van der Waals surface area contributed by atoms with E-state index in [1.807, 2.05) is 18.2 Å². The van der Waals surface area contributed by atoms with Crippen LogP contribution in [0.15, 0.2) is 48.5 Å². The second-order valence-electron chi connectivity index (χ2n) is 5.29. The predicted octanol–water partition coefficient (Wildman–Crippen LogP) is 3.71. The Morgan fingerprint density at radius 2 is 1.83 bits per heavy atom. The molecule has 0 aromatic heterocycles. The predicted molar refractivity (Wildman–Crippen MR) is 97.6 cm³/mol. The molecule has 2 rings (SSSR count). The van der Waals surface area contributed by atoms with Gasteiger partial charge in [-0.05, 0) is 36.2 Å². The maximum absolute atomic E-state index is 12.1. The molecule has 126 valence electrons. The van der Waals surface area contributed by atoms with Crippen molar-refractivity contribution in [2.24, 2.45) is 0 Å². The normalized spacial score (nSPS) is 10.3. The summed E-state index contributed by atoms with van der Waals surface area (Å²) in [6, 6.07) is 14.4. The summed E-state index contributed by atoms with van der Waals surface area (Å²) < 4.78 is 0. The number of anilines is 1. The number of nitrogens with zero attached hydrogens (tertiary/aromatic N) is 1. The van der Waals surface area contributed by atoms with Gasteiger partial charge < -0.3 is 10.2 Å². The van der Waals surface area contributed by atoms with Gasteiger partial charge in [-0.15, -0.1) is 0 Å². The summed E-state index contributed by atoms with van der Waals surface area (Å²) in [4.78, 5) is 25.3. The Hall–Kier alpha value is -2.04. The molecular formula is C18H18Cl2N2O2. The van der Waals surface area contributed by atoms with Crippen molar-refractivity contribution in [3.05, 3.63) is 64.1 Å². The lowest BCUT2D eigenvalue weighted by Crippen LogP contribution is -2.40. The summed E-state index contributed by atoms with van der Waals surface area (Å²) in [7, 11) is 0. The number of rotatable bonds is 6. The fourth-order valence-corrected chi connectivity index (χ4v) is 2.73. The molecule has 0 spiro atoms. The molecule has 24 heavy (non-hydrogen) atoms. The van der Waals surface area contributed by atoms with E-state index in [4.69, 9.17) is 23.2 Å². The largest absolute Gasteiger partial charge is 0.354 e. The van der Waals surface area contributed by atoms with Crippen LogP contribution >= 0.6 is 23.2 Å². The van der Waals surface area contributed by atoms with Crippen LogP contribution in [-0.2, 0) is 16.0 Å². The van der Waals surface area contributed by atoms with Crippen LogP contribution in [0.4, 0.5) is 5.69 Å². The Morgan fingerprint density at radius 1 is 1.08 bits per heavy atom. The summed E-state index contributed by atoms with van der Waals surface area (Å²) in [6.45, 7) is 1.80. The third-order valence-electron chi connectivity index (χ3n) is 3.45. The molecule has 0 saturated carbocycles. The van der Waals surface area contributed by atoms with Crippen molar-refractivity contribution in [2.75, 3.05) is 18.0 Å². The van der Waals surface area contributed by atoms with Crippen LogP contribution in [-0.4, -0.2) is 24.9 Å². The Kier molecular flexibility index (Phi) is 6.64. The van der Waals surface area contributed by atoms with Crippen LogP contribution in [0.5, 0.6) is 0 Å². The van der Waals surface area contributed by atoms with Gasteiger partial charge in [0.15, 0.2) is 0 Å². The molecule has 0 aliphatic rings. The quantitative estimate of drug-likeness (QED) is 0.849. The van der Waals surface area contributed by atoms with E-state index in [1.54, 1.807) is 30.3 Å². The van der Waals surface area contributed by atoms with Gasteiger partial charge >= 0.3 is 0 Å². The number of carbonyl (C=O) groups is 2. The first-order valence-electron chi connectivity index (χ1n) is 7.51. The monoisotopic (exact) mass is 364 g/mol. The molecule has 6 heteroatoms. The first kappa shape index (κ1) is 18.3. The van der Waals surface area contributed by atoms with Gasteiger partial charge in [-0.3, -0.25) is 9.59 Å². The summed E-state index contributed by atoms with van der Waals surface area (Å²) in [5, 5.41) is 3.90. The van der Waals surface area contributed by atoms with Crippen LogP contribution < -0.4 is 10.2 Å². The van der Waals surface area contributed by atoms with Gasteiger partial charge in [0.2, 0.25) is 11.8 Å². The minimum atomic E-state index is -0.243. The van der Waals surface area contributed by atoms with Gasteiger partial charge in [-0.1, -0.05) is 47.5 Å². The minimum absolute atomic E-state index is 0.0748. The molecule has 0 bridgehead atoms. The van der Waals surface area contributed by atoms with E-state index in [9.17, 15) is 9.59 Å². The molecule has 4 nitrogen and oxygen atoms in total. The van der Waals surface area contributed by atoms with Crippen molar-refractivity contribution in [1.29, 1.82) is 0 Å². The maximum Gasteiger partial charge on any atom is 0.240 e. The Morgan fingerprint density at radius 3 is 2.50 bits per heavy atom. The lowest BCUT2D eigenvalue weighted by Gasteiger charge is -2.21. The van der Waals surface area contributed by atoms with E-state index in [2.05, 4.69) is 5.32 Å². The summed E-state index contributed by atoms with van der Waals surface area (Å²) in [6.07, 6.45) is 0.665. The van der Waals surface area contributed by atoms with Crippen LogP contribution in [0, 0.1) is 0 Å². The third-order valence-corrected chi connectivity index (χ3v) is 4.00. The topological polar surface area (TPSA) is 49.4 Å². The lowest BCUT2D eigenvalue weighted by atomic mass is 10.1. The smallest absolute Gasteiger partial charge is 0.240 e. The number of carbonyl (C=O) groups excluding carboxylic acids is 2. The highest BCUT2D eigenvalue weighted by Gasteiger charge is 2.17. The van der Waals surface area contributed by atoms with Crippen LogP contribution in [0.1, 0.15) is 12.5 Å². The summed E-state index contributed by atoms with van der Waals surface area (Å²) >= 11 is 12.0. The summed E-state index contributed by atoms with van der Waals surface area (Å²) in [5.41, 5.74) is 1.56. The second-order valence-corrected chi connectivity index (χ2v) is 6.13. The average molecular weight is 365 g/mol. The molecule has 2 aromatic rings. The molecule has 0 saturated heterocycles. The molecule has 0 heterocycles. The van der Waals surface area contributed by atoms with E-state index in [1.165, 1.54) is 11.8 Å². The van der Waals surface area contributed by atoms with Gasteiger partial charge in [0.05, 0.1) is 10.7 Å². The molecule has 0 aliphatic heterocycles. The van der Waals surface area contributed by atoms with E-state index < -0.39 is 0 Å². The Bertz CT molecular complexity index is 734. The zero-order valence-electron chi connectivity index (χ0n) is 13.3. The van der Waals surface area contributed by atoms with Gasteiger partial charge in [-0.25, -0.2) is 0 Å². The number of amides is 2. The first-order chi connectivity index (χ1) is 11.5. The minimum Gasteiger partial charge on any atom is -0.354 e. The van der Waals surface area contributed by atoms with Crippen LogP contribution in [0.3, 0.4) is 0 Å². The highest BCUT2D eigenvalue weighted by Crippen LogP contribution is 2.25. The average Bonchev–Trinajstić information content (AvgIpc) is 2.53. The van der Waals surface area contributed by atoms with Gasteiger partial charge in [-0.2, -0.15) is 0 Å². The fraction of sp³-hybridized carbons (Fsp3) is 0.222. The van der Waals surface area contributed by atoms with Gasteiger partial charge in [0, 0.05) is 18.5 Å². The van der Waals surface area contributed by atoms with E-state index in [-0.39, 0.29) is 18.4 Å². The third kappa shape index (κ3) is 5.25. The fourth-order valence-electron chi connectivity index (χ4n) is 2.27. The molecule has 0 radical (unpaired) electrons. The van der Waals surface area contributed by atoms with Gasteiger partial charge in [0.1, 0.15) is 6.54 Å². The van der Waals surface area contributed by atoms with Crippen molar-refractivity contribution in [1.82, 2.24) is 5.32 Å². The lowest BCUT2D eigenvalue weighted by molar-refractivity contribution is -0.123. The Balaban J connectivity index is 1.92. The number of para-hydroxylation sites is 1. The van der Waals surface area contributed by atoms with Crippen molar-refractivity contribution in [3.8, 4) is 0 Å².